The molecule has 20 heavy (non-hydrogen) atoms. The Balaban J connectivity index is 0.00000200. The Morgan fingerprint density at radius 2 is 2.00 bits per heavy atom. The molecule has 1 aliphatic rings. The average molecular weight is 321 g/mol. The highest BCUT2D eigenvalue weighted by Crippen LogP contribution is 2.13. The fourth-order valence-electron chi connectivity index (χ4n) is 2.17. The Hall–Kier alpha value is -0.660. The largest absolute Gasteiger partial charge is 0.374 e. The van der Waals surface area contributed by atoms with E-state index in [1.165, 1.54) is 6.26 Å². The summed E-state index contributed by atoms with van der Waals surface area (Å²) in [5, 5.41) is 0. The van der Waals surface area contributed by atoms with Gasteiger partial charge in [-0.05, 0) is 17.7 Å². The van der Waals surface area contributed by atoms with Crippen LogP contribution in [-0.4, -0.2) is 51.9 Å². The first kappa shape index (κ1) is 17.4. The van der Waals surface area contributed by atoms with Gasteiger partial charge in [-0.3, -0.25) is 4.90 Å². The van der Waals surface area contributed by atoms with E-state index in [0.29, 0.717) is 18.0 Å². The lowest BCUT2D eigenvalue weighted by molar-refractivity contribution is -0.0260. The summed E-state index contributed by atoms with van der Waals surface area (Å²) in [6.45, 7) is 3.73. The minimum Gasteiger partial charge on any atom is -0.374 e. The van der Waals surface area contributed by atoms with E-state index in [-0.39, 0.29) is 18.5 Å². The predicted octanol–water partition coefficient (Wildman–Crippen LogP) is 0.671. The van der Waals surface area contributed by atoms with Gasteiger partial charge in [0, 0.05) is 32.4 Å². The van der Waals surface area contributed by atoms with Crippen molar-refractivity contribution in [3.05, 3.63) is 29.8 Å². The zero-order valence-electron chi connectivity index (χ0n) is 11.5. The molecule has 1 unspecified atom stereocenters. The summed E-state index contributed by atoms with van der Waals surface area (Å²) in [6, 6.07) is 7.05. The van der Waals surface area contributed by atoms with E-state index in [0.717, 1.165) is 25.2 Å². The molecule has 7 heteroatoms. The van der Waals surface area contributed by atoms with Crippen molar-refractivity contribution in [3.8, 4) is 0 Å². The van der Waals surface area contributed by atoms with Gasteiger partial charge in [0.1, 0.15) is 0 Å². The third-order valence-electron chi connectivity index (χ3n) is 3.24. The molecule has 1 aliphatic heterocycles. The highest BCUT2D eigenvalue weighted by molar-refractivity contribution is 7.90. The maximum atomic E-state index is 11.4. The van der Waals surface area contributed by atoms with Crippen LogP contribution in [0.2, 0.25) is 0 Å². The number of hydrogen-bond acceptors (Lipinski definition) is 5. The zero-order chi connectivity index (χ0) is 13.9. The summed E-state index contributed by atoms with van der Waals surface area (Å²) in [6.07, 6.45) is 1.32. The van der Waals surface area contributed by atoms with Crippen molar-refractivity contribution >= 4 is 22.2 Å². The first-order valence-electron chi connectivity index (χ1n) is 6.32. The molecule has 1 aromatic carbocycles. The molecular weight excluding hydrogens is 300 g/mol. The molecule has 1 atom stereocenters. The number of benzene rings is 1. The Labute approximate surface area is 126 Å². The van der Waals surface area contributed by atoms with Crippen LogP contribution in [0.1, 0.15) is 5.56 Å². The van der Waals surface area contributed by atoms with E-state index in [1.807, 2.05) is 12.1 Å². The summed E-state index contributed by atoms with van der Waals surface area (Å²) in [4.78, 5) is 2.63. The van der Waals surface area contributed by atoms with E-state index in [2.05, 4.69) is 4.90 Å². The molecule has 0 saturated carbocycles. The number of hydrogen-bond donors (Lipinski definition) is 1. The number of nitrogens with two attached hydrogens (primary N) is 1. The lowest BCUT2D eigenvalue weighted by Gasteiger charge is -2.32. The van der Waals surface area contributed by atoms with E-state index >= 15 is 0 Å². The third-order valence-corrected chi connectivity index (χ3v) is 4.37. The van der Waals surface area contributed by atoms with Crippen LogP contribution in [0.4, 0.5) is 0 Å². The normalized spacial score (nSPS) is 20.4. The number of rotatable bonds is 4. The topological polar surface area (TPSA) is 72.6 Å². The molecule has 1 saturated heterocycles. The molecule has 2 N–H and O–H groups in total. The van der Waals surface area contributed by atoms with Gasteiger partial charge in [0.25, 0.3) is 0 Å². The van der Waals surface area contributed by atoms with Crippen LogP contribution in [0.5, 0.6) is 0 Å². The molecule has 1 heterocycles. The van der Waals surface area contributed by atoms with Crippen molar-refractivity contribution in [1.82, 2.24) is 4.90 Å². The summed E-state index contributed by atoms with van der Waals surface area (Å²) in [5.74, 6) is 0. The highest BCUT2D eigenvalue weighted by atomic mass is 35.5. The van der Waals surface area contributed by atoms with Gasteiger partial charge in [-0.1, -0.05) is 12.1 Å². The first-order chi connectivity index (χ1) is 8.99. The van der Waals surface area contributed by atoms with Gasteiger partial charge in [0.15, 0.2) is 9.84 Å². The van der Waals surface area contributed by atoms with Crippen LogP contribution in [0.25, 0.3) is 0 Å². The van der Waals surface area contributed by atoms with Gasteiger partial charge in [-0.15, -0.1) is 12.4 Å². The van der Waals surface area contributed by atoms with Crippen molar-refractivity contribution < 1.29 is 13.2 Å². The fourth-order valence-corrected chi connectivity index (χ4v) is 2.80. The maximum Gasteiger partial charge on any atom is 0.175 e. The minimum atomic E-state index is -3.12. The van der Waals surface area contributed by atoms with Crippen LogP contribution >= 0.6 is 12.4 Å². The van der Waals surface area contributed by atoms with Crippen molar-refractivity contribution in [2.75, 3.05) is 32.5 Å². The lowest BCUT2D eigenvalue weighted by atomic mass is 10.2. The van der Waals surface area contributed by atoms with Crippen molar-refractivity contribution in [2.24, 2.45) is 5.73 Å². The highest BCUT2D eigenvalue weighted by Gasteiger charge is 2.19. The molecule has 2 rings (SSSR count). The molecule has 1 fully saturated rings. The van der Waals surface area contributed by atoms with Crippen LogP contribution in [-0.2, 0) is 21.1 Å². The SMILES string of the molecule is CS(=O)(=O)c1ccc(CN2CCOC(CN)C2)cc1.Cl. The summed E-state index contributed by atoms with van der Waals surface area (Å²) >= 11 is 0. The molecule has 0 radical (unpaired) electrons. The quantitative estimate of drug-likeness (QED) is 0.883. The van der Waals surface area contributed by atoms with Gasteiger partial charge in [0.2, 0.25) is 0 Å². The van der Waals surface area contributed by atoms with E-state index < -0.39 is 9.84 Å². The van der Waals surface area contributed by atoms with Crippen molar-refractivity contribution in [1.29, 1.82) is 0 Å². The number of ether oxygens (including phenoxy) is 1. The molecule has 5 nitrogen and oxygen atoms in total. The Morgan fingerprint density at radius 3 is 2.55 bits per heavy atom. The van der Waals surface area contributed by atoms with Gasteiger partial charge >= 0.3 is 0 Å². The van der Waals surface area contributed by atoms with Gasteiger partial charge in [-0.25, -0.2) is 8.42 Å². The lowest BCUT2D eigenvalue weighted by Crippen LogP contribution is -2.45. The fraction of sp³-hybridized carbons (Fsp3) is 0.538. The smallest absolute Gasteiger partial charge is 0.175 e. The maximum absolute atomic E-state index is 11.4. The molecule has 0 amide bonds. The van der Waals surface area contributed by atoms with Crippen molar-refractivity contribution in [3.63, 3.8) is 0 Å². The summed E-state index contributed by atoms with van der Waals surface area (Å²) in [5.41, 5.74) is 6.71. The summed E-state index contributed by atoms with van der Waals surface area (Å²) < 4.78 is 28.3. The predicted molar refractivity (Wildman–Crippen MR) is 80.9 cm³/mol. The van der Waals surface area contributed by atoms with Crippen LogP contribution < -0.4 is 5.73 Å². The molecule has 0 bridgehead atoms. The first-order valence-corrected chi connectivity index (χ1v) is 8.21. The standard InChI is InChI=1S/C13H20N2O3S.ClH/c1-19(16,17)13-4-2-11(3-5-13)9-15-6-7-18-12(8-14)10-15;/h2-5,12H,6-10,14H2,1H3;1H. The number of morpholine rings is 1. The second-order valence-electron chi connectivity index (χ2n) is 4.88. The van der Waals surface area contributed by atoms with Crippen molar-refractivity contribution in [2.45, 2.75) is 17.5 Å². The van der Waals surface area contributed by atoms with Crippen LogP contribution in [0.3, 0.4) is 0 Å². The number of nitrogens with zero attached hydrogens (tertiary/aromatic N) is 1. The Bertz CT molecular complexity index is 519. The van der Waals surface area contributed by atoms with E-state index in [4.69, 9.17) is 10.5 Å². The molecule has 1 aromatic rings. The average Bonchev–Trinajstić information content (AvgIpc) is 2.38. The molecule has 0 aromatic heterocycles. The van der Waals surface area contributed by atoms with E-state index in [1.54, 1.807) is 12.1 Å². The van der Waals surface area contributed by atoms with Gasteiger partial charge in [0.05, 0.1) is 17.6 Å². The monoisotopic (exact) mass is 320 g/mol. The van der Waals surface area contributed by atoms with Crippen LogP contribution in [0, 0.1) is 0 Å². The molecular formula is C13H21ClN2O3S. The Morgan fingerprint density at radius 1 is 1.35 bits per heavy atom. The second kappa shape index (κ2) is 7.38. The number of sulfone groups is 1. The Kier molecular flexibility index (Phi) is 6.42. The molecule has 114 valence electrons. The van der Waals surface area contributed by atoms with Gasteiger partial charge < -0.3 is 10.5 Å². The second-order valence-corrected chi connectivity index (χ2v) is 6.90. The minimum absolute atomic E-state index is 0. The summed E-state index contributed by atoms with van der Waals surface area (Å²) in [7, 11) is -3.12. The van der Waals surface area contributed by atoms with E-state index in [9.17, 15) is 8.42 Å². The molecule has 0 spiro atoms. The zero-order valence-corrected chi connectivity index (χ0v) is 13.1. The third kappa shape index (κ3) is 4.71. The van der Waals surface area contributed by atoms with Gasteiger partial charge in [-0.2, -0.15) is 0 Å². The number of halogens is 1. The van der Waals surface area contributed by atoms with Crippen LogP contribution in [0.15, 0.2) is 29.2 Å². The molecule has 0 aliphatic carbocycles.